The van der Waals surface area contributed by atoms with E-state index < -0.39 is 17.6 Å². The van der Waals surface area contributed by atoms with Crippen LogP contribution in [0.1, 0.15) is 33.1 Å². The molecule has 34 heavy (non-hydrogen) atoms. The molecular formula is C24H19ClF3N3O3. The van der Waals surface area contributed by atoms with Gasteiger partial charge in [-0.2, -0.15) is 18.2 Å². The number of aromatic nitrogens is 2. The predicted octanol–water partition coefficient (Wildman–Crippen LogP) is 6.20. The van der Waals surface area contributed by atoms with Crippen molar-refractivity contribution in [1.29, 1.82) is 0 Å². The third-order valence-corrected chi connectivity index (χ3v) is 5.57. The van der Waals surface area contributed by atoms with Crippen LogP contribution < -0.4 is 0 Å². The molecule has 1 amide bonds. The minimum absolute atomic E-state index is 0.125. The van der Waals surface area contributed by atoms with Crippen LogP contribution in [0.25, 0.3) is 11.4 Å². The van der Waals surface area contributed by atoms with Gasteiger partial charge in [0, 0.05) is 29.1 Å². The summed E-state index contributed by atoms with van der Waals surface area (Å²) in [6, 6.07) is 12.9. The highest BCUT2D eigenvalue weighted by Crippen LogP contribution is 2.29. The fourth-order valence-corrected chi connectivity index (χ4v) is 3.44. The molecular weight excluding hydrogens is 471 g/mol. The van der Waals surface area contributed by atoms with E-state index in [2.05, 4.69) is 10.1 Å². The van der Waals surface area contributed by atoms with Crippen molar-refractivity contribution in [2.75, 3.05) is 6.54 Å². The molecule has 4 rings (SSSR count). The maximum Gasteiger partial charge on any atom is 0.416 e. The second-order valence-corrected chi connectivity index (χ2v) is 8.01. The van der Waals surface area contributed by atoms with Gasteiger partial charge in [-0.1, -0.05) is 28.9 Å². The van der Waals surface area contributed by atoms with Crippen molar-refractivity contribution < 1.29 is 26.9 Å². The number of furan rings is 1. The molecule has 4 aromatic rings. The quantitative estimate of drug-likeness (QED) is 0.309. The molecule has 0 aliphatic carbocycles. The lowest BCUT2D eigenvalue weighted by molar-refractivity contribution is -0.137. The number of carbonyl (C=O) groups excluding carboxylic acids is 1. The highest BCUT2D eigenvalue weighted by molar-refractivity contribution is 6.31. The van der Waals surface area contributed by atoms with Gasteiger partial charge >= 0.3 is 6.18 Å². The molecule has 2 heterocycles. The van der Waals surface area contributed by atoms with Gasteiger partial charge in [0.15, 0.2) is 0 Å². The lowest BCUT2D eigenvalue weighted by Gasteiger charge is -2.21. The number of rotatable bonds is 7. The average Bonchev–Trinajstić information content (AvgIpc) is 3.50. The third-order valence-electron chi connectivity index (χ3n) is 5.17. The first-order chi connectivity index (χ1) is 16.2. The fraction of sp³-hybridized carbons (Fsp3) is 0.208. The zero-order valence-electron chi connectivity index (χ0n) is 18.0. The largest absolute Gasteiger partial charge is 0.467 e. The Labute approximate surface area is 197 Å². The van der Waals surface area contributed by atoms with Gasteiger partial charge in [-0.3, -0.25) is 4.79 Å². The molecule has 0 saturated carbocycles. The highest BCUT2D eigenvalue weighted by atomic mass is 35.5. The summed E-state index contributed by atoms with van der Waals surface area (Å²) in [4.78, 5) is 18.9. The Morgan fingerprint density at radius 1 is 1.12 bits per heavy atom. The van der Waals surface area contributed by atoms with Crippen LogP contribution in [0.3, 0.4) is 0 Å². The first kappa shape index (κ1) is 23.6. The Bertz CT molecular complexity index is 1270. The van der Waals surface area contributed by atoms with Crippen molar-refractivity contribution >= 4 is 17.5 Å². The summed E-state index contributed by atoms with van der Waals surface area (Å²) in [7, 11) is 0. The maximum absolute atomic E-state index is 13.1. The lowest BCUT2D eigenvalue weighted by atomic mass is 10.1. The number of aryl methyl sites for hydroxylation is 1. The Balaban J connectivity index is 1.50. The van der Waals surface area contributed by atoms with Gasteiger partial charge in [-0.25, -0.2) is 0 Å². The normalized spacial score (nSPS) is 11.6. The van der Waals surface area contributed by atoms with Crippen LogP contribution in [0.5, 0.6) is 0 Å². The molecule has 2 aromatic heterocycles. The van der Waals surface area contributed by atoms with Crippen molar-refractivity contribution in [3.05, 3.63) is 94.2 Å². The summed E-state index contributed by atoms with van der Waals surface area (Å²) in [5.41, 5.74) is 0.916. The number of benzene rings is 2. The van der Waals surface area contributed by atoms with E-state index in [9.17, 15) is 18.0 Å². The number of hydrogen-bond donors (Lipinski definition) is 0. The second-order valence-electron chi connectivity index (χ2n) is 7.61. The molecule has 0 N–H and O–H groups in total. The lowest BCUT2D eigenvalue weighted by Crippen LogP contribution is -2.32. The Morgan fingerprint density at radius 2 is 1.88 bits per heavy atom. The topological polar surface area (TPSA) is 72.4 Å². The monoisotopic (exact) mass is 489 g/mol. The Hall–Kier alpha value is -3.59. The van der Waals surface area contributed by atoms with E-state index in [4.69, 9.17) is 20.5 Å². The van der Waals surface area contributed by atoms with Gasteiger partial charge in [-0.15, -0.1) is 0 Å². The molecule has 2 aromatic carbocycles. The van der Waals surface area contributed by atoms with Gasteiger partial charge in [-0.05, 0) is 55.0 Å². The first-order valence-electron chi connectivity index (χ1n) is 10.3. The SMILES string of the molecule is Cc1ccc(-c2noc(CCN(Cc3ccco3)C(=O)c3ccc(C(F)(F)F)cc3)n2)cc1Cl. The standard InChI is InChI=1S/C24H19ClF3N3O3/c1-15-4-5-17(13-20(15)25)22-29-21(34-30-22)10-11-31(14-19-3-2-12-33-19)23(32)16-6-8-18(9-7-16)24(26,27)28/h2-9,12-13H,10-11,14H2,1H3. The Kier molecular flexibility index (Phi) is 6.74. The molecule has 176 valence electrons. The first-order valence-corrected chi connectivity index (χ1v) is 10.7. The average molecular weight is 490 g/mol. The van der Waals surface area contributed by atoms with Gasteiger partial charge in [0.2, 0.25) is 11.7 Å². The van der Waals surface area contributed by atoms with E-state index in [1.807, 2.05) is 19.1 Å². The minimum atomic E-state index is -4.48. The smallest absolute Gasteiger partial charge is 0.416 e. The zero-order valence-corrected chi connectivity index (χ0v) is 18.7. The number of amides is 1. The summed E-state index contributed by atoms with van der Waals surface area (Å²) >= 11 is 6.17. The molecule has 0 spiro atoms. The third kappa shape index (κ3) is 5.48. The van der Waals surface area contributed by atoms with Crippen LogP contribution in [0.4, 0.5) is 13.2 Å². The number of carbonyl (C=O) groups is 1. The number of hydrogen-bond acceptors (Lipinski definition) is 5. The second kappa shape index (κ2) is 9.72. The minimum Gasteiger partial charge on any atom is -0.467 e. The van der Waals surface area contributed by atoms with E-state index >= 15 is 0 Å². The van der Waals surface area contributed by atoms with Crippen LogP contribution in [0.15, 0.2) is 69.8 Å². The fourth-order valence-electron chi connectivity index (χ4n) is 3.26. The van der Waals surface area contributed by atoms with Crippen molar-refractivity contribution in [2.24, 2.45) is 0 Å². The van der Waals surface area contributed by atoms with Gasteiger partial charge in [0.25, 0.3) is 5.91 Å². The van der Waals surface area contributed by atoms with E-state index in [-0.39, 0.29) is 25.1 Å². The number of nitrogens with zero attached hydrogens (tertiary/aromatic N) is 3. The summed E-state index contributed by atoms with van der Waals surface area (Å²) in [6.07, 6.45) is -2.76. The molecule has 0 radical (unpaired) electrons. The zero-order chi connectivity index (χ0) is 24.3. The molecule has 6 nitrogen and oxygen atoms in total. The predicted molar refractivity (Wildman–Crippen MR) is 118 cm³/mol. The van der Waals surface area contributed by atoms with E-state index in [0.717, 1.165) is 29.8 Å². The number of halogens is 4. The highest BCUT2D eigenvalue weighted by Gasteiger charge is 2.30. The van der Waals surface area contributed by atoms with Crippen molar-refractivity contribution in [3.63, 3.8) is 0 Å². The summed E-state index contributed by atoms with van der Waals surface area (Å²) in [6.45, 7) is 2.19. The molecule has 0 atom stereocenters. The molecule has 0 aliphatic heterocycles. The molecule has 0 unspecified atom stereocenters. The summed E-state index contributed by atoms with van der Waals surface area (Å²) in [5, 5.41) is 4.55. The summed E-state index contributed by atoms with van der Waals surface area (Å²) in [5.74, 6) is 0.746. The van der Waals surface area contributed by atoms with Gasteiger partial charge < -0.3 is 13.8 Å². The van der Waals surface area contributed by atoms with E-state index in [0.29, 0.717) is 28.1 Å². The molecule has 10 heteroatoms. The van der Waals surface area contributed by atoms with E-state index in [1.54, 1.807) is 18.2 Å². The van der Waals surface area contributed by atoms with E-state index in [1.165, 1.54) is 11.2 Å². The van der Waals surface area contributed by atoms with Crippen LogP contribution in [-0.2, 0) is 19.1 Å². The summed E-state index contributed by atoms with van der Waals surface area (Å²) < 4.78 is 49.3. The molecule has 0 fully saturated rings. The number of alkyl halides is 3. The van der Waals surface area contributed by atoms with Gasteiger partial charge in [0.05, 0.1) is 18.4 Å². The molecule has 0 bridgehead atoms. The maximum atomic E-state index is 13.1. The van der Waals surface area contributed by atoms with Crippen molar-refractivity contribution in [1.82, 2.24) is 15.0 Å². The molecule has 0 saturated heterocycles. The Morgan fingerprint density at radius 3 is 2.53 bits per heavy atom. The van der Waals surface area contributed by atoms with Crippen LogP contribution in [0.2, 0.25) is 5.02 Å². The van der Waals surface area contributed by atoms with Crippen LogP contribution in [0, 0.1) is 6.92 Å². The van der Waals surface area contributed by atoms with Crippen LogP contribution >= 0.6 is 11.6 Å². The van der Waals surface area contributed by atoms with Gasteiger partial charge in [0.1, 0.15) is 5.76 Å². The molecule has 0 aliphatic rings. The van der Waals surface area contributed by atoms with Crippen LogP contribution in [-0.4, -0.2) is 27.5 Å². The van der Waals surface area contributed by atoms with Crippen molar-refractivity contribution in [3.8, 4) is 11.4 Å². The van der Waals surface area contributed by atoms with Crippen molar-refractivity contribution in [2.45, 2.75) is 26.1 Å².